The Morgan fingerprint density at radius 1 is 1.09 bits per heavy atom. The summed E-state index contributed by atoms with van der Waals surface area (Å²) < 4.78 is 26.3. The highest BCUT2D eigenvalue weighted by Crippen LogP contribution is 2.28. The Labute approximate surface area is 185 Å². The summed E-state index contributed by atoms with van der Waals surface area (Å²) in [7, 11) is 0. The number of benzene rings is 2. The number of nitrogens with one attached hydrogen (secondary N) is 3. The molecule has 4 aromatic rings. The van der Waals surface area contributed by atoms with Crippen molar-refractivity contribution in [2.75, 3.05) is 23.8 Å². The largest absolute Gasteiger partial charge is 0.490 e. The van der Waals surface area contributed by atoms with E-state index in [2.05, 4.69) is 25.6 Å². The first-order valence-corrected chi connectivity index (χ1v) is 10.6. The molecule has 0 spiro atoms. The lowest BCUT2D eigenvalue weighted by molar-refractivity contribution is 0.0256. The number of H-pyrrole nitrogens is 1. The fourth-order valence-electron chi connectivity index (χ4n) is 3.79. The number of anilines is 4. The van der Waals surface area contributed by atoms with E-state index in [1.54, 1.807) is 24.4 Å². The minimum absolute atomic E-state index is 0.166. The summed E-state index contributed by atoms with van der Waals surface area (Å²) in [5.41, 5.74) is 2.83. The molecular formula is C24H24FN5O2. The van der Waals surface area contributed by atoms with Crippen LogP contribution >= 0.6 is 0 Å². The molecule has 32 heavy (non-hydrogen) atoms. The molecule has 0 bridgehead atoms. The van der Waals surface area contributed by atoms with Crippen molar-refractivity contribution in [1.29, 1.82) is 0 Å². The Kier molecular flexibility index (Phi) is 5.60. The summed E-state index contributed by atoms with van der Waals surface area (Å²) >= 11 is 0. The van der Waals surface area contributed by atoms with E-state index in [0.29, 0.717) is 22.8 Å². The maximum absolute atomic E-state index is 14.9. The van der Waals surface area contributed by atoms with E-state index in [0.717, 1.165) is 48.7 Å². The summed E-state index contributed by atoms with van der Waals surface area (Å²) in [6.07, 6.45) is 3.56. The van der Waals surface area contributed by atoms with Gasteiger partial charge in [0, 0.05) is 47.4 Å². The first kappa shape index (κ1) is 20.3. The second kappa shape index (κ2) is 8.84. The molecule has 164 valence electrons. The average Bonchev–Trinajstić information content (AvgIpc) is 3.18. The van der Waals surface area contributed by atoms with Gasteiger partial charge in [-0.1, -0.05) is 6.07 Å². The van der Waals surface area contributed by atoms with Gasteiger partial charge in [-0.25, -0.2) is 9.37 Å². The van der Waals surface area contributed by atoms with Crippen molar-refractivity contribution in [3.63, 3.8) is 0 Å². The fourth-order valence-corrected chi connectivity index (χ4v) is 3.79. The summed E-state index contributed by atoms with van der Waals surface area (Å²) in [5.74, 6) is 1.35. The van der Waals surface area contributed by atoms with E-state index < -0.39 is 0 Å². The molecule has 3 heterocycles. The summed E-state index contributed by atoms with van der Waals surface area (Å²) in [4.78, 5) is 11.9. The molecule has 0 radical (unpaired) electrons. The number of fused-ring (bicyclic) bond motifs is 1. The second-order valence-corrected chi connectivity index (χ2v) is 7.81. The predicted molar refractivity (Wildman–Crippen MR) is 123 cm³/mol. The highest BCUT2D eigenvalue weighted by Gasteiger charge is 2.15. The minimum atomic E-state index is -0.321. The average molecular weight is 433 g/mol. The molecule has 1 aliphatic rings. The first-order chi connectivity index (χ1) is 15.6. The molecule has 0 unspecified atom stereocenters. The van der Waals surface area contributed by atoms with Crippen LogP contribution < -0.4 is 15.4 Å². The number of aromatic amines is 1. The maximum Gasteiger partial charge on any atom is 0.229 e. The van der Waals surface area contributed by atoms with Crippen LogP contribution in [0, 0.1) is 12.7 Å². The van der Waals surface area contributed by atoms with Gasteiger partial charge < -0.3 is 25.1 Å². The predicted octanol–water partition coefficient (Wildman–Crippen LogP) is 5.45. The summed E-state index contributed by atoms with van der Waals surface area (Å²) in [6, 6.07) is 14.7. The van der Waals surface area contributed by atoms with Gasteiger partial charge in [0.15, 0.2) is 5.82 Å². The molecule has 7 nitrogen and oxygen atoms in total. The number of aromatic nitrogens is 3. The summed E-state index contributed by atoms with van der Waals surface area (Å²) in [5, 5.41) is 6.78. The third kappa shape index (κ3) is 4.50. The quantitative estimate of drug-likeness (QED) is 0.375. The van der Waals surface area contributed by atoms with E-state index >= 15 is 0 Å². The van der Waals surface area contributed by atoms with Gasteiger partial charge in [-0.3, -0.25) is 0 Å². The molecule has 8 heteroatoms. The number of aryl methyl sites for hydroxylation is 1. The van der Waals surface area contributed by atoms with Crippen LogP contribution in [0.1, 0.15) is 18.5 Å². The third-order valence-corrected chi connectivity index (χ3v) is 5.35. The monoisotopic (exact) mass is 433 g/mol. The van der Waals surface area contributed by atoms with Crippen molar-refractivity contribution in [3.05, 3.63) is 66.2 Å². The van der Waals surface area contributed by atoms with Crippen molar-refractivity contribution >= 4 is 34.0 Å². The number of hydrogen-bond acceptors (Lipinski definition) is 6. The Morgan fingerprint density at radius 2 is 1.97 bits per heavy atom. The Balaban J connectivity index is 1.30. The van der Waals surface area contributed by atoms with Crippen molar-refractivity contribution in [3.8, 4) is 5.75 Å². The molecule has 0 atom stereocenters. The normalized spacial score (nSPS) is 14.4. The zero-order valence-electron chi connectivity index (χ0n) is 17.7. The topological polar surface area (TPSA) is 84.1 Å². The molecule has 5 rings (SSSR count). The van der Waals surface area contributed by atoms with Gasteiger partial charge in [-0.15, -0.1) is 0 Å². The first-order valence-electron chi connectivity index (χ1n) is 10.6. The highest BCUT2D eigenvalue weighted by atomic mass is 19.1. The van der Waals surface area contributed by atoms with Crippen LogP contribution in [0.2, 0.25) is 0 Å². The highest BCUT2D eigenvalue weighted by molar-refractivity contribution is 5.85. The van der Waals surface area contributed by atoms with E-state index in [1.807, 2.05) is 37.3 Å². The smallest absolute Gasteiger partial charge is 0.229 e. The second-order valence-electron chi connectivity index (χ2n) is 7.81. The number of nitrogens with zero attached hydrogens (tertiary/aromatic N) is 2. The third-order valence-electron chi connectivity index (χ3n) is 5.35. The number of hydrogen-bond donors (Lipinski definition) is 3. The van der Waals surface area contributed by atoms with Crippen LogP contribution in [0.4, 0.5) is 27.5 Å². The summed E-state index contributed by atoms with van der Waals surface area (Å²) in [6.45, 7) is 3.36. The zero-order valence-corrected chi connectivity index (χ0v) is 17.7. The lowest BCUT2D eigenvalue weighted by Gasteiger charge is -2.23. The molecule has 0 amide bonds. The minimum Gasteiger partial charge on any atom is -0.490 e. The van der Waals surface area contributed by atoms with Crippen LogP contribution in [0.5, 0.6) is 5.75 Å². The van der Waals surface area contributed by atoms with Gasteiger partial charge in [0.1, 0.15) is 17.7 Å². The van der Waals surface area contributed by atoms with Gasteiger partial charge in [-0.2, -0.15) is 4.98 Å². The van der Waals surface area contributed by atoms with Gasteiger partial charge >= 0.3 is 0 Å². The molecule has 2 aromatic carbocycles. The Hall–Kier alpha value is -3.65. The van der Waals surface area contributed by atoms with Gasteiger partial charge in [0.25, 0.3) is 0 Å². The number of ether oxygens (including phenoxy) is 2. The van der Waals surface area contributed by atoms with E-state index in [-0.39, 0.29) is 11.9 Å². The van der Waals surface area contributed by atoms with Crippen LogP contribution in [-0.4, -0.2) is 34.3 Å². The van der Waals surface area contributed by atoms with Gasteiger partial charge in [0.2, 0.25) is 5.95 Å². The SMILES string of the molecule is Cc1cc2c(F)c(Nc3ccnc(Nc4cccc(OC5CCOCC5)c4)n3)ccc2[nH]1. The molecule has 0 aliphatic carbocycles. The van der Waals surface area contributed by atoms with E-state index in [1.165, 1.54) is 0 Å². The van der Waals surface area contributed by atoms with Gasteiger partial charge in [-0.05, 0) is 43.3 Å². The van der Waals surface area contributed by atoms with Crippen molar-refractivity contribution < 1.29 is 13.9 Å². The molecule has 1 fully saturated rings. The van der Waals surface area contributed by atoms with Crippen LogP contribution in [-0.2, 0) is 4.74 Å². The zero-order chi connectivity index (χ0) is 21.9. The molecular weight excluding hydrogens is 409 g/mol. The standard InChI is InChI=1S/C24H24FN5O2/c1-15-13-19-20(27-15)5-6-21(23(19)25)29-22-7-10-26-24(30-22)28-16-3-2-4-18(14-16)32-17-8-11-31-12-9-17/h2-7,10,13-14,17,27H,8-9,11-12H2,1H3,(H2,26,28,29,30). The lowest BCUT2D eigenvalue weighted by Crippen LogP contribution is -2.25. The maximum atomic E-state index is 14.9. The van der Waals surface area contributed by atoms with Crippen LogP contribution in [0.3, 0.4) is 0 Å². The number of rotatable bonds is 6. The van der Waals surface area contributed by atoms with Crippen molar-refractivity contribution in [2.45, 2.75) is 25.9 Å². The van der Waals surface area contributed by atoms with Crippen LogP contribution in [0.15, 0.2) is 54.7 Å². The molecule has 2 aromatic heterocycles. The number of halogens is 1. The van der Waals surface area contributed by atoms with Crippen LogP contribution in [0.25, 0.3) is 10.9 Å². The molecule has 1 aliphatic heterocycles. The lowest BCUT2D eigenvalue weighted by atomic mass is 10.1. The van der Waals surface area contributed by atoms with E-state index in [9.17, 15) is 4.39 Å². The Bertz CT molecular complexity index is 1240. The molecule has 0 saturated carbocycles. The Morgan fingerprint density at radius 3 is 2.84 bits per heavy atom. The van der Waals surface area contributed by atoms with Crippen molar-refractivity contribution in [1.82, 2.24) is 15.0 Å². The van der Waals surface area contributed by atoms with E-state index in [4.69, 9.17) is 9.47 Å². The fraction of sp³-hybridized carbons (Fsp3) is 0.250. The van der Waals surface area contributed by atoms with Crippen molar-refractivity contribution in [2.24, 2.45) is 0 Å². The van der Waals surface area contributed by atoms with Gasteiger partial charge in [0.05, 0.1) is 18.9 Å². The molecule has 3 N–H and O–H groups in total. The molecule has 1 saturated heterocycles.